The fourth-order valence-electron chi connectivity index (χ4n) is 1.48. The van der Waals surface area contributed by atoms with Gasteiger partial charge in [0.1, 0.15) is 5.82 Å². The van der Waals surface area contributed by atoms with Crippen molar-refractivity contribution in [3.8, 4) is 5.92 Å². The Kier molecular flexibility index (Phi) is 15.3. The Morgan fingerprint density at radius 3 is 2.21 bits per heavy atom. The number of aromatic nitrogens is 1. The summed E-state index contributed by atoms with van der Waals surface area (Å²) in [4.78, 5) is 4.19. The van der Waals surface area contributed by atoms with E-state index in [9.17, 15) is 0 Å². The van der Waals surface area contributed by atoms with Crippen LogP contribution in [0.2, 0.25) is 0 Å². The molecular formula is C17H23I3N2OV-. The van der Waals surface area contributed by atoms with Gasteiger partial charge < -0.3 is 16.5 Å². The Bertz CT molecular complexity index is 635. The molecular weight excluding hydrogens is 680 g/mol. The topological polar surface area (TPSA) is 34.1 Å². The number of aryl methyl sites for hydroxylation is 3. The second-order valence-electron chi connectivity index (χ2n) is 4.70. The zero-order valence-corrected chi connectivity index (χ0v) is 21.6. The van der Waals surface area contributed by atoms with E-state index in [-0.39, 0.29) is 12.3 Å². The standard InChI is InChI=1S/C16H19N2O.CH4.3HI.V/c1-8-10(2)14(6)19-15(7)18-16-12(4)9-11(3)13(5)17-16;;;;;/h9H,7H2,2-6H3,(H,17,18);1H4;3*1H;/q-1;;;;;+3/p-3/b14-10-;;;;;. The predicted molar refractivity (Wildman–Crippen MR) is 127 cm³/mol. The molecule has 1 aromatic heterocycles. The van der Waals surface area contributed by atoms with Crippen LogP contribution in [0.3, 0.4) is 0 Å². The number of halogens is 3. The number of pyridine rings is 1. The van der Waals surface area contributed by atoms with Crippen molar-refractivity contribution in [2.24, 2.45) is 0 Å². The maximum atomic E-state index is 7.04. The Labute approximate surface area is 184 Å². The number of hydrogen-bond donors (Lipinski definition) is 1. The van der Waals surface area contributed by atoms with Crippen molar-refractivity contribution in [3.05, 3.63) is 53.1 Å². The van der Waals surface area contributed by atoms with Crippen molar-refractivity contribution in [1.29, 1.82) is 0 Å². The molecule has 0 radical (unpaired) electrons. The van der Waals surface area contributed by atoms with E-state index >= 15 is 0 Å². The molecule has 0 amide bonds. The molecule has 1 heterocycles. The first-order chi connectivity index (χ1) is 10.6. The second-order valence-corrected chi connectivity index (χ2v) is 40.1. The maximum absolute atomic E-state index is 7.04. The summed E-state index contributed by atoms with van der Waals surface area (Å²) in [6, 6.07) is 2.07. The van der Waals surface area contributed by atoms with E-state index in [0.717, 1.165) is 22.6 Å². The number of anilines is 1. The number of allylic oxidation sites excluding steroid dienone is 2. The van der Waals surface area contributed by atoms with E-state index in [2.05, 4.69) is 88.8 Å². The van der Waals surface area contributed by atoms with Crippen LogP contribution in [0.4, 0.5) is 5.82 Å². The van der Waals surface area contributed by atoms with Crippen molar-refractivity contribution >= 4 is 65.8 Å². The van der Waals surface area contributed by atoms with Crippen molar-refractivity contribution in [3.63, 3.8) is 0 Å². The number of hydrogen-bond acceptors (Lipinski definition) is 3. The Morgan fingerprint density at radius 2 is 1.75 bits per heavy atom. The van der Waals surface area contributed by atoms with Crippen LogP contribution in [-0.2, 0) is 9.66 Å². The molecule has 0 unspecified atom stereocenters. The SMILES string of the molecule is C.[C-]#C/C(C)=C(/C)OC(=C)Nc1nc(C)c(C)cc1C.[I][V]([I])[I]. The van der Waals surface area contributed by atoms with Gasteiger partial charge in [-0.1, -0.05) is 20.4 Å². The van der Waals surface area contributed by atoms with E-state index in [1.807, 2.05) is 20.8 Å². The molecule has 1 N–H and O–H groups in total. The zero-order valence-electron chi connectivity index (χ0n) is 13.7. The third-order valence-corrected chi connectivity index (χ3v) is 2.91. The van der Waals surface area contributed by atoms with Gasteiger partial charge in [0.15, 0.2) is 5.88 Å². The Morgan fingerprint density at radius 1 is 1.25 bits per heavy atom. The summed E-state index contributed by atoms with van der Waals surface area (Å²) in [7, 11) is 0. The van der Waals surface area contributed by atoms with Gasteiger partial charge >= 0.3 is 64.9 Å². The Hall–Kier alpha value is 0.564. The zero-order chi connectivity index (χ0) is 18.2. The molecule has 0 fully saturated rings. The van der Waals surface area contributed by atoms with E-state index in [0.29, 0.717) is 17.2 Å². The van der Waals surface area contributed by atoms with Crippen molar-refractivity contribution in [2.45, 2.75) is 42.0 Å². The van der Waals surface area contributed by atoms with Crippen LogP contribution < -0.4 is 5.32 Å². The summed E-state index contributed by atoms with van der Waals surface area (Å²) >= 11 is 7.39. The summed E-state index contributed by atoms with van der Waals surface area (Å²) < 4.78 is 5.48. The molecule has 0 bridgehead atoms. The molecule has 0 aliphatic heterocycles. The molecule has 0 saturated heterocycles. The number of rotatable bonds is 4. The van der Waals surface area contributed by atoms with E-state index < -0.39 is 0 Å². The summed E-state index contributed by atoms with van der Waals surface area (Å²) in [5, 5.41) is 3.04. The van der Waals surface area contributed by atoms with Crippen LogP contribution in [0.25, 0.3) is 0 Å². The first-order valence-corrected chi connectivity index (χ1v) is 20.1. The predicted octanol–water partition coefficient (Wildman–Crippen LogP) is 7.08. The first-order valence-electron chi connectivity index (χ1n) is 6.54. The third-order valence-electron chi connectivity index (χ3n) is 2.91. The van der Waals surface area contributed by atoms with Crippen LogP contribution in [0, 0.1) is 33.1 Å². The van der Waals surface area contributed by atoms with Gasteiger partial charge in [0, 0.05) is 11.5 Å². The normalized spacial score (nSPS) is 10.5. The van der Waals surface area contributed by atoms with Crippen molar-refractivity contribution < 1.29 is 9.66 Å². The first kappa shape index (κ1) is 26.8. The molecule has 7 heteroatoms. The molecule has 3 nitrogen and oxygen atoms in total. The molecule has 0 aromatic carbocycles. The van der Waals surface area contributed by atoms with Gasteiger partial charge in [-0.25, -0.2) is 4.98 Å². The summed E-state index contributed by atoms with van der Waals surface area (Å²) in [5.41, 5.74) is 3.79. The van der Waals surface area contributed by atoms with Gasteiger partial charge in [-0.15, -0.1) is 5.57 Å². The van der Waals surface area contributed by atoms with Gasteiger partial charge in [0.05, 0.1) is 0 Å². The minimum absolute atomic E-state index is 0. The summed E-state index contributed by atoms with van der Waals surface area (Å²) in [6.45, 7) is 13.3. The van der Waals surface area contributed by atoms with Gasteiger partial charge in [0.25, 0.3) is 0 Å². The van der Waals surface area contributed by atoms with Gasteiger partial charge in [-0.05, 0) is 45.4 Å². The van der Waals surface area contributed by atoms with E-state index in [4.69, 9.17) is 11.2 Å². The quantitative estimate of drug-likeness (QED) is 0.158. The number of nitrogens with one attached hydrogen (secondary N) is 1. The molecule has 1 rings (SSSR count). The fraction of sp³-hybridized carbons (Fsp3) is 0.353. The van der Waals surface area contributed by atoms with Gasteiger partial charge in [-0.3, -0.25) is 5.92 Å². The average Bonchev–Trinajstić information content (AvgIpc) is 2.43. The molecule has 134 valence electrons. The summed E-state index contributed by atoms with van der Waals surface area (Å²) in [6.07, 6.45) is 7.04. The molecule has 0 atom stereocenters. The molecule has 0 spiro atoms. The molecule has 0 aliphatic carbocycles. The van der Waals surface area contributed by atoms with Gasteiger partial charge in [0.2, 0.25) is 0 Å². The molecule has 0 aliphatic rings. The van der Waals surface area contributed by atoms with Gasteiger partial charge in [-0.2, -0.15) is 0 Å². The third kappa shape index (κ3) is 11.2. The summed E-state index contributed by atoms with van der Waals surface area (Å²) in [5.74, 6) is 3.99. The van der Waals surface area contributed by atoms with Crippen LogP contribution in [0.1, 0.15) is 38.1 Å². The van der Waals surface area contributed by atoms with E-state index in [1.165, 1.54) is 0 Å². The molecule has 0 saturated carbocycles. The minimum atomic E-state index is -0.278. The number of ether oxygens (including phenoxy) is 1. The monoisotopic (exact) mass is 703 g/mol. The van der Waals surface area contributed by atoms with Crippen LogP contribution >= 0.6 is 59.9 Å². The molecule has 1 aromatic rings. The second kappa shape index (κ2) is 13.7. The van der Waals surface area contributed by atoms with Crippen molar-refractivity contribution in [2.75, 3.05) is 5.32 Å². The van der Waals surface area contributed by atoms with Crippen LogP contribution in [-0.4, -0.2) is 4.98 Å². The van der Waals surface area contributed by atoms with Crippen LogP contribution in [0.15, 0.2) is 29.9 Å². The van der Waals surface area contributed by atoms with E-state index in [1.54, 1.807) is 13.8 Å². The van der Waals surface area contributed by atoms with Crippen molar-refractivity contribution in [1.82, 2.24) is 4.98 Å². The average molecular weight is 703 g/mol. The number of nitrogens with zero attached hydrogens (tertiary/aromatic N) is 1. The Balaban J connectivity index is 0. The van der Waals surface area contributed by atoms with Crippen LogP contribution in [0.5, 0.6) is 0 Å². The fourth-order valence-corrected chi connectivity index (χ4v) is 1.48. The molecule has 24 heavy (non-hydrogen) atoms.